The lowest BCUT2D eigenvalue weighted by Gasteiger charge is -2.18. The number of ether oxygens (including phenoxy) is 1. The van der Waals surface area contributed by atoms with Gasteiger partial charge in [-0.25, -0.2) is 0 Å². The zero-order chi connectivity index (χ0) is 10.1. The van der Waals surface area contributed by atoms with Crippen LogP contribution in [-0.4, -0.2) is 17.5 Å². The number of nitrogens with two attached hydrogens (primary N) is 1. The number of fused-ring (bicyclic) bond motifs is 1. The van der Waals surface area contributed by atoms with Crippen molar-refractivity contribution in [1.29, 1.82) is 0 Å². The second kappa shape index (κ2) is 3.26. The second-order valence-corrected chi connectivity index (χ2v) is 3.35. The Labute approximate surface area is 86.0 Å². The number of rotatable bonds is 1. The molecule has 1 aliphatic rings. The van der Waals surface area contributed by atoms with Gasteiger partial charge in [-0.3, -0.25) is 4.79 Å². The zero-order valence-electron chi connectivity index (χ0n) is 7.24. The van der Waals surface area contributed by atoms with Crippen LogP contribution in [0.1, 0.15) is 5.56 Å². The van der Waals surface area contributed by atoms with E-state index in [4.69, 9.17) is 22.7 Å². The minimum absolute atomic E-state index is 0.0550. The number of hydrogen-bond acceptors (Lipinski definition) is 3. The highest BCUT2D eigenvalue weighted by atomic mass is 32.1. The quantitative estimate of drug-likeness (QED) is 0.665. The molecule has 4 nitrogen and oxygen atoms in total. The first-order valence-corrected chi connectivity index (χ1v) is 4.44. The SMILES string of the molecule is NC(=S)c1ccc2c(c1)NC(=O)CO2. The Bertz CT molecular complexity index is 417. The van der Waals surface area contributed by atoms with Crippen LogP contribution in [-0.2, 0) is 4.79 Å². The maximum Gasteiger partial charge on any atom is 0.262 e. The van der Waals surface area contributed by atoms with Crippen molar-refractivity contribution in [2.45, 2.75) is 0 Å². The molecule has 0 saturated heterocycles. The van der Waals surface area contributed by atoms with Gasteiger partial charge in [0.05, 0.1) is 5.69 Å². The van der Waals surface area contributed by atoms with Gasteiger partial charge < -0.3 is 15.8 Å². The molecular formula is C9H8N2O2S. The molecule has 0 radical (unpaired) electrons. The third-order valence-electron chi connectivity index (χ3n) is 1.90. The summed E-state index contributed by atoms with van der Waals surface area (Å²) in [5.41, 5.74) is 6.79. The summed E-state index contributed by atoms with van der Waals surface area (Å²) in [6.07, 6.45) is 0. The summed E-state index contributed by atoms with van der Waals surface area (Å²) >= 11 is 4.82. The van der Waals surface area contributed by atoms with Gasteiger partial charge in [0.1, 0.15) is 10.7 Å². The van der Waals surface area contributed by atoms with E-state index < -0.39 is 0 Å². The molecule has 5 heteroatoms. The first kappa shape index (κ1) is 8.96. The molecule has 1 amide bonds. The number of hydrogen-bond donors (Lipinski definition) is 2. The number of anilines is 1. The average Bonchev–Trinajstić information content (AvgIpc) is 2.16. The molecule has 1 aromatic rings. The highest BCUT2D eigenvalue weighted by Gasteiger charge is 2.15. The van der Waals surface area contributed by atoms with E-state index in [9.17, 15) is 4.79 Å². The van der Waals surface area contributed by atoms with Gasteiger partial charge in [-0.1, -0.05) is 12.2 Å². The van der Waals surface area contributed by atoms with Gasteiger partial charge in [0, 0.05) is 5.56 Å². The summed E-state index contributed by atoms with van der Waals surface area (Å²) < 4.78 is 5.17. The Kier molecular flexibility index (Phi) is 2.09. The molecule has 0 spiro atoms. The number of carbonyl (C=O) groups is 1. The fourth-order valence-electron chi connectivity index (χ4n) is 1.24. The zero-order valence-corrected chi connectivity index (χ0v) is 8.06. The normalized spacial score (nSPS) is 13.9. The van der Waals surface area contributed by atoms with E-state index in [2.05, 4.69) is 5.32 Å². The van der Waals surface area contributed by atoms with E-state index in [1.807, 2.05) is 0 Å². The molecule has 0 bridgehead atoms. The molecule has 0 aromatic heterocycles. The number of nitrogens with one attached hydrogen (secondary N) is 1. The maximum atomic E-state index is 11.0. The Balaban J connectivity index is 2.42. The molecular weight excluding hydrogens is 200 g/mol. The van der Waals surface area contributed by atoms with Crippen molar-refractivity contribution < 1.29 is 9.53 Å². The molecule has 0 atom stereocenters. The summed E-state index contributed by atoms with van der Waals surface area (Å²) in [5.74, 6) is 0.474. The molecule has 1 aromatic carbocycles. The van der Waals surface area contributed by atoms with Gasteiger partial charge in [-0.05, 0) is 18.2 Å². The van der Waals surface area contributed by atoms with E-state index >= 15 is 0 Å². The van der Waals surface area contributed by atoms with Gasteiger partial charge in [0.25, 0.3) is 5.91 Å². The average molecular weight is 208 g/mol. The van der Waals surface area contributed by atoms with Crippen LogP contribution in [0.25, 0.3) is 0 Å². The highest BCUT2D eigenvalue weighted by Crippen LogP contribution is 2.28. The van der Waals surface area contributed by atoms with Crippen molar-refractivity contribution in [1.82, 2.24) is 0 Å². The molecule has 1 heterocycles. The van der Waals surface area contributed by atoms with Crippen LogP contribution in [0.15, 0.2) is 18.2 Å². The summed E-state index contributed by atoms with van der Waals surface area (Å²) in [4.78, 5) is 11.3. The van der Waals surface area contributed by atoms with Crippen LogP contribution in [0.3, 0.4) is 0 Å². The summed E-state index contributed by atoms with van der Waals surface area (Å²) in [7, 11) is 0. The third kappa shape index (κ3) is 1.54. The summed E-state index contributed by atoms with van der Waals surface area (Å²) in [6, 6.07) is 5.20. The lowest BCUT2D eigenvalue weighted by atomic mass is 10.1. The first-order valence-electron chi connectivity index (χ1n) is 4.03. The van der Waals surface area contributed by atoms with Gasteiger partial charge in [0.2, 0.25) is 0 Å². The molecule has 3 N–H and O–H groups in total. The highest BCUT2D eigenvalue weighted by molar-refractivity contribution is 7.80. The fourth-order valence-corrected chi connectivity index (χ4v) is 1.36. The van der Waals surface area contributed by atoms with Crippen LogP contribution in [0, 0.1) is 0 Å². The Morgan fingerprint density at radius 3 is 3.07 bits per heavy atom. The van der Waals surface area contributed by atoms with E-state index in [1.54, 1.807) is 18.2 Å². The van der Waals surface area contributed by atoms with Crippen molar-refractivity contribution >= 4 is 28.8 Å². The second-order valence-electron chi connectivity index (χ2n) is 2.91. The Morgan fingerprint density at radius 1 is 1.57 bits per heavy atom. The van der Waals surface area contributed by atoms with Crippen molar-refractivity contribution in [3.63, 3.8) is 0 Å². The molecule has 1 aliphatic heterocycles. The molecule has 0 unspecified atom stereocenters. The van der Waals surface area contributed by atoms with Gasteiger partial charge in [0.15, 0.2) is 6.61 Å². The lowest BCUT2D eigenvalue weighted by Crippen LogP contribution is -2.25. The van der Waals surface area contributed by atoms with Gasteiger partial charge >= 0.3 is 0 Å². The fraction of sp³-hybridized carbons (Fsp3) is 0.111. The van der Waals surface area contributed by atoms with E-state index in [1.165, 1.54) is 0 Å². The van der Waals surface area contributed by atoms with Crippen molar-refractivity contribution in [2.24, 2.45) is 5.73 Å². The smallest absolute Gasteiger partial charge is 0.262 e. The molecule has 0 aliphatic carbocycles. The number of amides is 1. The molecule has 2 rings (SSSR count). The molecule has 0 fully saturated rings. The van der Waals surface area contributed by atoms with Crippen molar-refractivity contribution in [3.8, 4) is 5.75 Å². The Morgan fingerprint density at radius 2 is 2.36 bits per heavy atom. The van der Waals surface area contributed by atoms with Crippen LogP contribution < -0.4 is 15.8 Å². The van der Waals surface area contributed by atoms with E-state index in [0.29, 0.717) is 22.0 Å². The molecule has 0 saturated carbocycles. The monoisotopic (exact) mass is 208 g/mol. The van der Waals surface area contributed by atoms with Crippen LogP contribution >= 0.6 is 12.2 Å². The van der Waals surface area contributed by atoms with Crippen LogP contribution in [0.5, 0.6) is 5.75 Å². The van der Waals surface area contributed by atoms with E-state index in [0.717, 1.165) is 0 Å². The third-order valence-corrected chi connectivity index (χ3v) is 2.13. The predicted molar refractivity (Wildman–Crippen MR) is 56.5 cm³/mol. The summed E-state index contributed by atoms with van der Waals surface area (Å²) in [6.45, 7) is 0.0550. The minimum atomic E-state index is -0.169. The topological polar surface area (TPSA) is 64.3 Å². The lowest BCUT2D eigenvalue weighted by molar-refractivity contribution is -0.118. The molecule has 72 valence electrons. The van der Waals surface area contributed by atoms with Gasteiger partial charge in [-0.2, -0.15) is 0 Å². The largest absolute Gasteiger partial charge is 0.482 e. The first-order chi connectivity index (χ1) is 6.66. The van der Waals surface area contributed by atoms with Crippen molar-refractivity contribution in [2.75, 3.05) is 11.9 Å². The minimum Gasteiger partial charge on any atom is -0.482 e. The van der Waals surface area contributed by atoms with Crippen LogP contribution in [0.4, 0.5) is 5.69 Å². The Hall–Kier alpha value is -1.62. The predicted octanol–water partition coefficient (Wildman–Crippen LogP) is 0.652. The van der Waals surface area contributed by atoms with E-state index in [-0.39, 0.29) is 12.5 Å². The maximum absolute atomic E-state index is 11.0. The summed E-state index contributed by atoms with van der Waals surface area (Å²) in [5, 5.41) is 2.68. The number of carbonyl (C=O) groups excluding carboxylic acids is 1. The van der Waals surface area contributed by atoms with Crippen LogP contribution in [0.2, 0.25) is 0 Å². The molecule has 14 heavy (non-hydrogen) atoms. The standard InChI is InChI=1S/C9H8N2O2S/c10-9(14)5-1-2-7-6(3-5)11-8(12)4-13-7/h1-3H,4H2,(H2,10,14)(H,11,12). The van der Waals surface area contributed by atoms with Crippen molar-refractivity contribution in [3.05, 3.63) is 23.8 Å². The number of benzene rings is 1. The van der Waals surface area contributed by atoms with Gasteiger partial charge in [-0.15, -0.1) is 0 Å². The number of thiocarbonyl (C=S) groups is 1.